The van der Waals surface area contributed by atoms with Gasteiger partial charge in [0.05, 0.1) is 12.5 Å². The van der Waals surface area contributed by atoms with Gasteiger partial charge in [0, 0.05) is 38.1 Å². The van der Waals surface area contributed by atoms with Gasteiger partial charge in [-0.2, -0.15) is 0 Å². The van der Waals surface area contributed by atoms with Gasteiger partial charge in [0.2, 0.25) is 10.0 Å². The van der Waals surface area contributed by atoms with Crippen molar-refractivity contribution in [2.75, 3.05) is 33.2 Å². The molecule has 0 bridgehead atoms. The number of ether oxygens (including phenoxy) is 2. The number of halogens is 1. The Labute approximate surface area is 253 Å². The minimum Gasteiger partial charge on any atom is -0.457 e. The number of likely N-dealkylation sites (N-methyl/N-ethyl adjacent to an activating group) is 1. The number of esters is 1. The second kappa shape index (κ2) is 14.3. The molecule has 2 aliphatic heterocycles. The van der Waals surface area contributed by atoms with Crippen LogP contribution in [0.4, 0.5) is 9.18 Å². The smallest absolute Gasteiger partial charge is 0.410 e. The van der Waals surface area contributed by atoms with E-state index in [0.717, 1.165) is 32.0 Å². The van der Waals surface area contributed by atoms with Crippen molar-refractivity contribution < 1.29 is 37.0 Å². The summed E-state index contributed by atoms with van der Waals surface area (Å²) in [5, 5.41) is 10.5. The highest BCUT2D eigenvalue weighted by Crippen LogP contribution is 2.27. The Morgan fingerprint density at radius 3 is 2.47 bits per heavy atom. The maximum absolute atomic E-state index is 14.9. The molecule has 1 aliphatic carbocycles. The number of hydrogen-bond acceptors (Lipinski definition) is 8. The van der Waals surface area contributed by atoms with Gasteiger partial charge in [0.25, 0.3) is 0 Å². The number of amides is 1. The predicted molar refractivity (Wildman–Crippen MR) is 160 cm³/mol. The molecule has 2 heterocycles. The van der Waals surface area contributed by atoms with Crippen LogP contribution in [0.1, 0.15) is 58.4 Å². The minimum absolute atomic E-state index is 0.104. The molecule has 4 rings (SSSR count). The molecule has 2 fully saturated rings. The van der Waals surface area contributed by atoms with E-state index in [9.17, 15) is 27.5 Å². The molecule has 1 aromatic rings. The lowest BCUT2D eigenvalue weighted by molar-refractivity contribution is -0.151. The molecule has 0 aromatic heterocycles. The molecule has 5 atom stereocenters. The Bertz CT molecular complexity index is 1320. The van der Waals surface area contributed by atoms with Gasteiger partial charge in [-0.05, 0) is 74.9 Å². The predicted octanol–water partition coefficient (Wildman–Crippen LogP) is 3.71. The molecule has 2 N–H and O–H groups in total. The Kier molecular flexibility index (Phi) is 11.0. The van der Waals surface area contributed by atoms with Crippen molar-refractivity contribution in [3.05, 3.63) is 47.3 Å². The summed E-state index contributed by atoms with van der Waals surface area (Å²) in [6, 6.07) is 3.73. The van der Waals surface area contributed by atoms with Gasteiger partial charge in [-0.15, -0.1) is 0 Å². The molecule has 12 heteroatoms. The zero-order valence-corrected chi connectivity index (χ0v) is 26.2. The van der Waals surface area contributed by atoms with Crippen LogP contribution in [0.15, 0.2) is 40.8 Å². The van der Waals surface area contributed by atoms with E-state index in [1.165, 1.54) is 12.1 Å². The number of nitrogens with zero attached hydrogens (tertiary/aromatic N) is 2. The molecule has 0 radical (unpaired) electrons. The Morgan fingerprint density at radius 1 is 1.12 bits per heavy atom. The van der Waals surface area contributed by atoms with E-state index in [2.05, 4.69) is 9.62 Å². The molecule has 10 nitrogen and oxygen atoms in total. The number of nitrogens with one attached hydrogen (secondary N) is 1. The number of hydrogen-bond donors (Lipinski definition) is 2. The summed E-state index contributed by atoms with van der Waals surface area (Å²) in [4.78, 5) is 29.2. The standard InChI is InChI=1S/C31H44FN3O7S/c1-20-5-10-25(36)19-29(37)42-30(21(2)6-11-27(20)41-31(38)35-15-13-34(4)14-16-35)22(3)17-23-7-12-28(26(32)18-23)43(39,40)33-24-8-9-24/h6-7,11-12,17-18,20-21,24-25,27,30,33,36H,5,8-10,13-16,19H2,1-4H3/b11-6+,22-17+/t20-,21-,25+,27+,30-/m0/s1. The van der Waals surface area contributed by atoms with Crippen molar-refractivity contribution in [2.24, 2.45) is 11.8 Å². The lowest BCUT2D eigenvalue weighted by atomic mass is 9.91. The molecule has 1 saturated carbocycles. The van der Waals surface area contributed by atoms with E-state index in [1.54, 1.807) is 17.9 Å². The lowest BCUT2D eigenvalue weighted by Crippen LogP contribution is -2.48. The van der Waals surface area contributed by atoms with Gasteiger partial charge in [-0.1, -0.05) is 32.1 Å². The average molecular weight is 622 g/mol. The molecule has 1 aromatic carbocycles. The van der Waals surface area contributed by atoms with Gasteiger partial charge in [-0.25, -0.2) is 22.3 Å². The summed E-state index contributed by atoms with van der Waals surface area (Å²) in [6.45, 7) is 8.27. The van der Waals surface area contributed by atoms with Crippen molar-refractivity contribution in [3.8, 4) is 0 Å². The number of carbonyl (C=O) groups excluding carboxylic acids is 2. The quantitative estimate of drug-likeness (QED) is 0.364. The summed E-state index contributed by atoms with van der Waals surface area (Å²) in [5.74, 6) is -1.90. The van der Waals surface area contributed by atoms with Crippen LogP contribution in [0.25, 0.3) is 6.08 Å². The van der Waals surface area contributed by atoms with Crippen LogP contribution in [0.5, 0.6) is 0 Å². The number of aliphatic hydroxyl groups excluding tert-OH is 1. The van der Waals surface area contributed by atoms with Crippen molar-refractivity contribution in [1.29, 1.82) is 0 Å². The summed E-state index contributed by atoms with van der Waals surface area (Å²) >= 11 is 0. The third-order valence-corrected chi connectivity index (χ3v) is 9.80. The first-order chi connectivity index (χ1) is 20.3. The summed E-state index contributed by atoms with van der Waals surface area (Å²) in [7, 11) is -1.94. The molecule has 43 heavy (non-hydrogen) atoms. The van der Waals surface area contributed by atoms with Crippen LogP contribution in [-0.4, -0.2) is 93.0 Å². The third-order valence-electron chi connectivity index (χ3n) is 8.24. The Morgan fingerprint density at radius 2 is 1.81 bits per heavy atom. The average Bonchev–Trinajstić information content (AvgIpc) is 3.75. The first-order valence-electron chi connectivity index (χ1n) is 15.0. The van der Waals surface area contributed by atoms with Crippen LogP contribution in [0.2, 0.25) is 0 Å². The molecular weight excluding hydrogens is 577 g/mol. The summed E-state index contributed by atoms with van der Waals surface area (Å²) in [5.41, 5.74) is 1.01. The maximum atomic E-state index is 14.9. The monoisotopic (exact) mass is 621 g/mol. The first-order valence-corrected chi connectivity index (χ1v) is 16.5. The van der Waals surface area contributed by atoms with Crippen LogP contribution >= 0.6 is 0 Å². The van der Waals surface area contributed by atoms with E-state index < -0.39 is 45.0 Å². The number of rotatable bonds is 6. The summed E-state index contributed by atoms with van der Waals surface area (Å²) in [6.07, 6.45) is 4.89. The maximum Gasteiger partial charge on any atom is 0.410 e. The fourth-order valence-electron chi connectivity index (χ4n) is 5.28. The van der Waals surface area contributed by atoms with E-state index >= 15 is 0 Å². The molecule has 1 saturated heterocycles. The van der Waals surface area contributed by atoms with Crippen molar-refractivity contribution in [3.63, 3.8) is 0 Å². The van der Waals surface area contributed by atoms with Crippen molar-refractivity contribution >= 4 is 28.2 Å². The molecular formula is C31H44FN3O7S. The fourth-order valence-corrected chi connectivity index (χ4v) is 6.65. The second-order valence-corrected chi connectivity index (χ2v) is 13.9. The van der Waals surface area contributed by atoms with E-state index in [1.807, 2.05) is 33.0 Å². The number of aliphatic hydroxyl groups is 1. The largest absolute Gasteiger partial charge is 0.457 e. The molecule has 238 valence electrons. The minimum atomic E-state index is -3.95. The van der Waals surface area contributed by atoms with Crippen LogP contribution in [0, 0.1) is 17.7 Å². The molecule has 3 aliphatic rings. The zero-order chi connectivity index (χ0) is 31.3. The SMILES string of the molecule is C/C(=C\c1ccc(S(=O)(=O)NC2CC2)c(F)c1)[C@H]1OC(=O)C[C@H](O)CC[C@H](C)[C@H](OC(=O)N2CCN(C)CC2)/C=C/[C@@H]1C. The number of cyclic esters (lactones) is 1. The molecule has 0 unspecified atom stereocenters. The normalized spacial score (nSPS) is 29.3. The van der Waals surface area contributed by atoms with Crippen LogP contribution in [0.3, 0.4) is 0 Å². The van der Waals surface area contributed by atoms with Gasteiger partial charge in [0.1, 0.15) is 22.9 Å². The second-order valence-electron chi connectivity index (χ2n) is 12.2. The van der Waals surface area contributed by atoms with Gasteiger partial charge in [0.15, 0.2) is 0 Å². The van der Waals surface area contributed by atoms with Crippen LogP contribution in [-0.2, 0) is 24.3 Å². The number of sulfonamides is 1. The zero-order valence-electron chi connectivity index (χ0n) is 25.4. The third kappa shape index (κ3) is 9.34. The Hall–Kier alpha value is -2.80. The van der Waals surface area contributed by atoms with E-state index in [-0.39, 0.29) is 30.4 Å². The first kappa shape index (κ1) is 33.1. The number of carbonyl (C=O) groups is 2. The van der Waals surface area contributed by atoms with Crippen LogP contribution < -0.4 is 4.72 Å². The lowest BCUT2D eigenvalue weighted by Gasteiger charge is -2.33. The highest BCUT2D eigenvalue weighted by molar-refractivity contribution is 7.89. The van der Waals surface area contributed by atoms with Gasteiger partial charge in [-0.3, -0.25) is 4.79 Å². The number of benzene rings is 1. The highest BCUT2D eigenvalue weighted by atomic mass is 32.2. The fraction of sp³-hybridized carbons (Fsp3) is 0.613. The Balaban J connectivity index is 1.54. The summed E-state index contributed by atoms with van der Waals surface area (Å²) < 4.78 is 54.1. The molecule has 0 spiro atoms. The molecule has 1 amide bonds. The topological polar surface area (TPSA) is 125 Å². The van der Waals surface area contributed by atoms with E-state index in [4.69, 9.17) is 9.47 Å². The van der Waals surface area contributed by atoms with Crippen molar-refractivity contribution in [1.82, 2.24) is 14.5 Å². The van der Waals surface area contributed by atoms with Gasteiger partial charge < -0.3 is 24.4 Å². The van der Waals surface area contributed by atoms with Gasteiger partial charge >= 0.3 is 12.1 Å². The number of piperazine rings is 1. The van der Waals surface area contributed by atoms with Crippen molar-refractivity contribution in [2.45, 2.75) is 82.1 Å². The van der Waals surface area contributed by atoms with E-state index in [0.29, 0.717) is 37.1 Å². The highest BCUT2D eigenvalue weighted by Gasteiger charge is 2.31.